The van der Waals surface area contributed by atoms with Crippen LogP contribution in [0.25, 0.3) is 10.9 Å². The van der Waals surface area contributed by atoms with E-state index in [0.29, 0.717) is 5.82 Å². The van der Waals surface area contributed by atoms with Gasteiger partial charge in [-0.3, -0.25) is 0 Å². The summed E-state index contributed by atoms with van der Waals surface area (Å²) in [5.41, 5.74) is 6.92. The van der Waals surface area contributed by atoms with Crippen molar-refractivity contribution < 1.29 is 12.4 Å². The zero-order valence-electron chi connectivity index (χ0n) is 10.1. The molecule has 5 heteroatoms. The predicted octanol–water partition coefficient (Wildman–Crippen LogP) is -0.794. The van der Waals surface area contributed by atoms with E-state index in [9.17, 15) is 0 Å². The molecule has 3 rings (SSSR count). The van der Waals surface area contributed by atoms with E-state index in [4.69, 9.17) is 5.73 Å². The lowest BCUT2D eigenvalue weighted by Crippen LogP contribution is -3.00. The first-order valence-corrected chi connectivity index (χ1v) is 6.12. The number of nitrogens with two attached hydrogens (primary N) is 1. The summed E-state index contributed by atoms with van der Waals surface area (Å²) < 4.78 is 0. The summed E-state index contributed by atoms with van der Waals surface area (Å²) in [5.74, 6) is 1.36. The normalized spacial score (nSPS) is 15.4. The van der Waals surface area contributed by atoms with E-state index in [1.807, 2.05) is 24.3 Å². The highest BCUT2D eigenvalue weighted by Crippen LogP contribution is 2.22. The van der Waals surface area contributed by atoms with Crippen LogP contribution in [-0.4, -0.2) is 23.1 Å². The molecule has 96 valence electrons. The van der Waals surface area contributed by atoms with Crippen LogP contribution in [0.4, 0.5) is 11.8 Å². The third kappa shape index (κ3) is 2.34. The van der Waals surface area contributed by atoms with Gasteiger partial charge in [0.05, 0.1) is 5.52 Å². The van der Waals surface area contributed by atoms with Crippen LogP contribution in [0.5, 0.6) is 0 Å². The van der Waals surface area contributed by atoms with Gasteiger partial charge in [0.25, 0.3) is 0 Å². The molecule has 4 nitrogen and oxygen atoms in total. The molecular weight excluding hydrogens is 248 g/mol. The van der Waals surface area contributed by atoms with Crippen LogP contribution in [0.15, 0.2) is 24.3 Å². The van der Waals surface area contributed by atoms with Crippen LogP contribution >= 0.6 is 0 Å². The second-order valence-electron chi connectivity index (χ2n) is 4.47. The molecule has 0 spiro atoms. The minimum atomic E-state index is 0. The average molecular weight is 264 g/mol. The van der Waals surface area contributed by atoms with Crippen molar-refractivity contribution in [2.45, 2.75) is 19.3 Å². The summed E-state index contributed by atoms with van der Waals surface area (Å²) in [6.45, 7) is 2.08. The molecule has 0 unspecified atom stereocenters. The minimum absolute atomic E-state index is 0. The van der Waals surface area contributed by atoms with Gasteiger partial charge in [-0.15, -0.1) is 0 Å². The number of fused-ring (bicyclic) bond motifs is 1. The Hall–Kier alpha value is -1.55. The monoisotopic (exact) mass is 263 g/mol. The van der Waals surface area contributed by atoms with Crippen LogP contribution in [0.2, 0.25) is 0 Å². The lowest BCUT2D eigenvalue weighted by Gasteiger charge is -2.26. The lowest BCUT2D eigenvalue weighted by molar-refractivity contribution is -0.00000361. The van der Waals surface area contributed by atoms with E-state index in [1.54, 1.807) is 0 Å². The summed E-state index contributed by atoms with van der Waals surface area (Å²) in [6, 6.07) is 7.89. The average Bonchev–Trinajstić information content (AvgIpc) is 2.40. The van der Waals surface area contributed by atoms with Gasteiger partial charge in [-0.25, -0.2) is 4.98 Å². The van der Waals surface area contributed by atoms with Gasteiger partial charge in [0.15, 0.2) is 0 Å². The van der Waals surface area contributed by atoms with Crippen LogP contribution in [0, 0.1) is 0 Å². The first-order valence-electron chi connectivity index (χ1n) is 6.12. The maximum Gasteiger partial charge on any atom is 0.227 e. The molecule has 1 saturated heterocycles. The molecule has 2 aromatic rings. The number of nitrogen functional groups attached to an aromatic ring is 1. The number of rotatable bonds is 1. The van der Waals surface area contributed by atoms with Crippen molar-refractivity contribution in [2.75, 3.05) is 23.7 Å². The third-order valence-electron chi connectivity index (χ3n) is 3.26. The standard InChI is InChI=1S/C13H16N4.ClH/c14-12-10-6-2-3-7-11(10)15-13(16-12)17-8-4-1-5-9-17;/h2-3,6-7H,1,4-5,8-9H2,(H2,14,15,16);1H/p-1. The summed E-state index contributed by atoms with van der Waals surface area (Å²) in [7, 11) is 0. The molecule has 0 bridgehead atoms. The van der Waals surface area contributed by atoms with Crippen molar-refractivity contribution in [3.05, 3.63) is 24.3 Å². The van der Waals surface area contributed by atoms with Gasteiger partial charge in [-0.05, 0) is 31.4 Å². The molecule has 2 N–H and O–H groups in total. The number of halogens is 1. The molecular formula is C13H16ClN4-. The van der Waals surface area contributed by atoms with E-state index in [1.165, 1.54) is 19.3 Å². The highest BCUT2D eigenvalue weighted by Gasteiger charge is 2.14. The van der Waals surface area contributed by atoms with Crippen LogP contribution in [-0.2, 0) is 0 Å². The second-order valence-corrected chi connectivity index (χ2v) is 4.47. The summed E-state index contributed by atoms with van der Waals surface area (Å²) in [6.07, 6.45) is 3.74. The van der Waals surface area contributed by atoms with Gasteiger partial charge in [-0.2, -0.15) is 4.98 Å². The largest absolute Gasteiger partial charge is 1.00 e. The molecule has 1 aliphatic heterocycles. The van der Waals surface area contributed by atoms with Gasteiger partial charge in [0.2, 0.25) is 5.95 Å². The summed E-state index contributed by atoms with van der Waals surface area (Å²) in [5, 5.41) is 0.938. The van der Waals surface area contributed by atoms with Crippen molar-refractivity contribution in [2.24, 2.45) is 0 Å². The number of piperidine rings is 1. The highest BCUT2D eigenvalue weighted by atomic mass is 35.5. The topological polar surface area (TPSA) is 55.0 Å². The molecule has 1 aromatic heterocycles. The van der Waals surface area contributed by atoms with Gasteiger partial charge in [-0.1, -0.05) is 12.1 Å². The van der Waals surface area contributed by atoms with Crippen molar-refractivity contribution in [1.82, 2.24) is 9.97 Å². The third-order valence-corrected chi connectivity index (χ3v) is 3.26. The quantitative estimate of drug-likeness (QED) is 0.733. The molecule has 1 aromatic carbocycles. The van der Waals surface area contributed by atoms with Gasteiger partial charge < -0.3 is 23.0 Å². The number of aromatic nitrogens is 2. The Bertz CT molecular complexity index is 538. The Morgan fingerprint density at radius 3 is 2.50 bits per heavy atom. The molecule has 2 heterocycles. The Morgan fingerprint density at radius 2 is 1.72 bits per heavy atom. The summed E-state index contributed by atoms with van der Waals surface area (Å²) >= 11 is 0. The fourth-order valence-electron chi connectivity index (χ4n) is 2.32. The molecule has 18 heavy (non-hydrogen) atoms. The van der Waals surface area contributed by atoms with Gasteiger partial charge in [0.1, 0.15) is 5.82 Å². The lowest BCUT2D eigenvalue weighted by atomic mass is 10.1. The minimum Gasteiger partial charge on any atom is -1.00 e. The van der Waals surface area contributed by atoms with Gasteiger partial charge in [0, 0.05) is 18.5 Å². The Kier molecular flexibility index (Phi) is 3.87. The SMILES string of the molecule is Nc1nc(N2CCCCC2)nc2ccccc12.[Cl-]. The van der Waals surface area contributed by atoms with Crippen LogP contribution in [0.3, 0.4) is 0 Å². The molecule has 0 saturated carbocycles. The van der Waals surface area contributed by atoms with Crippen molar-refractivity contribution >= 4 is 22.7 Å². The number of benzene rings is 1. The second kappa shape index (κ2) is 5.40. The number of anilines is 2. The maximum atomic E-state index is 5.99. The fraction of sp³-hybridized carbons (Fsp3) is 0.385. The highest BCUT2D eigenvalue weighted by molar-refractivity contribution is 5.88. The van der Waals surface area contributed by atoms with E-state index in [-0.39, 0.29) is 12.4 Å². The Labute approximate surface area is 113 Å². The van der Waals surface area contributed by atoms with Crippen molar-refractivity contribution in [3.8, 4) is 0 Å². The van der Waals surface area contributed by atoms with E-state index in [0.717, 1.165) is 29.9 Å². The van der Waals surface area contributed by atoms with E-state index >= 15 is 0 Å². The van der Waals surface area contributed by atoms with Crippen molar-refractivity contribution in [3.63, 3.8) is 0 Å². The zero-order valence-corrected chi connectivity index (χ0v) is 10.9. The molecule has 1 fully saturated rings. The molecule has 1 aliphatic rings. The van der Waals surface area contributed by atoms with Crippen LogP contribution < -0.4 is 23.0 Å². The van der Waals surface area contributed by atoms with Gasteiger partial charge >= 0.3 is 0 Å². The molecule has 0 radical (unpaired) electrons. The molecule has 0 amide bonds. The zero-order chi connectivity index (χ0) is 11.7. The number of nitrogens with zero attached hydrogens (tertiary/aromatic N) is 3. The van der Waals surface area contributed by atoms with E-state index in [2.05, 4.69) is 14.9 Å². The predicted molar refractivity (Wildman–Crippen MR) is 70.0 cm³/mol. The van der Waals surface area contributed by atoms with Crippen LogP contribution in [0.1, 0.15) is 19.3 Å². The first-order chi connectivity index (χ1) is 8.34. The number of hydrogen-bond donors (Lipinski definition) is 1. The molecule has 0 atom stereocenters. The Morgan fingerprint density at radius 1 is 1.00 bits per heavy atom. The number of para-hydroxylation sites is 1. The maximum absolute atomic E-state index is 5.99. The van der Waals surface area contributed by atoms with E-state index < -0.39 is 0 Å². The fourth-order valence-corrected chi connectivity index (χ4v) is 2.32. The summed E-state index contributed by atoms with van der Waals surface area (Å²) in [4.78, 5) is 11.2. The Balaban J connectivity index is 0.00000120. The number of hydrogen-bond acceptors (Lipinski definition) is 4. The smallest absolute Gasteiger partial charge is 0.227 e. The first kappa shape index (κ1) is 12.9. The van der Waals surface area contributed by atoms with Crippen molar-refractivity contribution in [1.29, 1.82) is 0 Å². The molecule has 0 aliphatic carbocycles.